The van der Waals surface area contributed by atoms with E-state index in [4.69, 9.17) is 0 Å². The van der Waals surface area contributed by atoms with Gasteiger partial charge in [-0.15, -0.1) is 0 Å². The molecule has 0 bridgehead atoms. The molecule has 0 N–H and O–H groups in total. The number of para-hydroxylation sites is 1. The molecule has 3 heteroatoms. The van der Waals surface area contributed by atoms with Crippen molar-refractivity contribution in [3.8, 4) is 5.69 Å². The van der Waals surface area contributed by atoms with Gasteiger partial charge < -0.3 is 0 Å². The molecule has 0 atom stereocenters. The number of nitrogens with zero attached hydrogens (tertiary/aromatic N) is 2. The van der Waals surface area contributed by atoms with Crippen LogP contribution in [-0.2, 0) is 0 Å². The molecule has 0 aliphatic carbocycles. The Labute approximate surface area is 88.4 Å². The average Bonchev–Trinajstić information content (AvgIpc) is 2.67. The molecular formula is C12H12N2O. The second-order valence-corrected chi connectivity index (χ2v) is 3.47. The Morgan fingerprint density at radius 3 is 2.67 bits per heavy atom. The molecule has 1 heterocycles. The number of benzene rings is 1. The zero-order valence-corrected chi connectivity index (χ0v) is 8.77. The lowest BCUT2D eigenvalue weighted by molar-refractivity contribution is 0.101. The first kappa shape index (κ1) is 9.65. The highest BCUT2D eigenvalue weighted by Crippen LogP contribution is 2.14. The SMILES string of the molecule is CC(=O)c1ccnn1-c1ccccc1C. The maximum Gasteiger partial charge on any atom is 0.178 e. The first-order valence-electron chi connectivity index (χ1n) is 4.81. The van der Waals surface area contributed by atoms with Crippen molar-refractivity contribution >= 4 is 5.78 Å². The number of aryl methyl sites for hydroxylation is 1. The molecule has 0 spiro atoms. The van der Waals surface area contributed by atoms with Crippen molar-refractivity contribution in [2.24, 2.45) is 0 Å². The van der Waals surface area contributed by atoms with E-state index in [1.165, 1.54) is 0 Å². The standard InChI is InChI=1S/C12H12N2O/c1-9-5-3-4-6-11(9)14-12(10(2)15)7-8-13-14/h3-8H,1-2H3. The molecule has 76 valence electrons. The number of Topliss-reactive ketones (excluding diaryl/α,β-unsaturated/α-hetero) is 1. The lowest BCUT2D eigenvalue weighted by Gasteiger charge is -2.07. The Morgan fingerprint density at radius 1 is 1.27 bits per heavy atom. The summed E-state index contributed by atoms with van der Waals surface area (Å²) in [4.78, 5) is 11.4. The Hall–Kier alpha value is -1.90. The highest BCUT2D eigenvalue weighted by Gasteiger charge is 2.09. The third kappa shape index (κ3) is 1.68. The van der Waals surface area contributed by atoms with Crippen molar-refractivity contribution in [3.05, 3.63) is 47.8 Å². The second kappa shape index (κ2) is 3.69. The molecule has 1 aromatic heterocycles. The third-order valence-electron chi connectivity index (χ3n) is 2.35. The van der Waals surface area contributed by atoms with Gasteiger partial charge in [-0.2, -0.15) is 5.10 Å². The molecule has 0 saturated heterocycles. The van der Waals surface area contributed by atoms with Gasteiger partial charge in [-0.1, -0.05) is 18.2 Å². The van der Waals surface area contributed by atoms with E-state index in [0.717, 1.165) is 11.3 Å². The van der Waals surface area contributed by atoms with E-state index in [1.807, 2.05) is 31.2 Å². The van der Waals surface area contributed by atoms with Crippen LogP contribution in [0.25, 0.3) is 5.69 Å². The van der Waals surface area contributed by atoms with E-state index in [-0.39, 0.29) is 5.78 Å². The van der Waals surface area contributed by atoms with Crippen LogP contribution < -0.4 is 0 Å². The Morgan fingerprint density at radius 2 is 2.00 bits per heavy atom. The van der Waals surface area contributed by atoms with E-state index >= 15 is 0 Å². The van der Waals surface area contributed by atoms with Gasteiger partial charge in [-0.05, 0) is 24.6 Å². The minimum Gasteiger partial charge on any atom is -0.293 e. The summed E-state index contributed by atoms with van der Waals surface area (Å²) < 4.78 is 1.68. The number of hydrogen-bond donors (Lipinski definition) is 0. The van der Waals surface area contributed by atoms with Crippen molar-refractivity contribution in [2.75, 3.05) is 0 Å². The van der Waals surface area contributed by atoms with Gasteiger partial charge in [0.2, 0.25) is 0 Å². The highest BCUT2D eigenvalue weighted by molar-refractivity contribution is 5.92. The van der Waals surface area contributed by atoms with E-state index in [2.05, 4.69) is 5.10 Å². The van der Waals surface area contributed by atoms with E-state index in [9.17, 15) is 4.79 Å². The van der Waals surface area contributed by atoms with Gasteiger partial charge in [0, 0.05) is 6.92 Å². The fourth-order valence-corrected chi connectivity index (χ4v) is 1.56. The van der Waals surface area contributed by atoms with Crippen LogP contribution in [0.3, 0.4) is 0 Å². The quantitative estimate of drug-likeness (QED) is 0.697. The van der Waals surface area contributed by atoms with Crippen LogP contribution in [-0.4, -0.2) is 15.6 Å². The minimum absolute atomic E-state index is 0.0238. The molecule has 0 fully saturated rings. The molecule has 3 nitrogen and oxygen atoms in total. The van der Waals surface area contributed by atoms with Crippen LogP contribution in [0.2, 0.25) is 0 Å². The van der Waals surface area contributed by atoms with Crippen LogP contribution in [0.5, 0.6) is 0 Å². The molecule has 0 aliphatic rings. The molecule has 2 aromatic rings. The van der Waals surface area contributed by atoms with Crippen LogP contribution in [0, 0.1) is 6.92 Å². The van der Waals surface area contributed by atoms with Crippen LogP contribution in [0.4, 0.5) is 0 Å². The summed E-state index contributed by atoms with van der Waals surface area (Å²) in [5.74, 6) is 0.0238. The fourth-order valence-electron chi connectivity index (χ4n) is 1.56. The van der Waals surface area contributed by atoms with Crippen molar-refractivity contribution in [2.45, 2.75) is 13.8 Å². The van der Waals surface area contributed by atoms with Crippen molar-refractivity contribution in [1.82, 2.24) is 9.78 Å². The molecule has 0 amide bonds. The van der Waals surface area contributed by atoms with Crippen molar-refractivity contribution in [1.29, 1.82) is 0 Å². The van der Waals surface area contributed by atoms with Crippen LogP contribution >= 0.6 is 0 Å². The fraction of sp³-hybridized carbons (Fsp3) is 0.167. The van der Waals surface area contributed by atoms with E-state index < -0.39 is 0 Å². The molecule has 0 unspecified atom stereocenters. The van der Waals surface area contributed by atoms with Gasteiger partial charge in [0.15, 0.2) is 5.78 Å². The zero-order valence-electron chi connectivity index (χ0n) is 8.77. The van der Waals surface area contributed by atoms with Crippen molar-refractivity contribution in [3.63, 3.8) is 0 Å². The topological polar surface area (TPSA) is 34.9 Å². The van der Waals surface area contributed by atoms with Gasteiger partial charge in [0.25, 0.3) is 0 Å². The lowest BCUT2D eigenvalue weighted by atomic mass is 10.2. The third-order valence-corrected chi connectivity index (χ3v) is 2.35. The van der Waals surface area contributed by atoms with Gasteiger partial charge in [-0.3, -0.25) is 4.79 Å². The summed E-state index contributed by atoms with van der Waals surface area (Å²) in [5, 5.41) is 4.16. The summed E-state index contributed by atoms with van der Waals surface area (Å²) >= 11 is 0. The van der Waals surface area contributed by atoms with Gasteiger partial charge >= 0.3 is 0 Å². The lowest BCUT2D eigenvalue weighted by Crippen LogP contribution is -2.07. The molecule has 15 heavy (non-hydrogen) atoms. The van der Waals surface area contributed by atoms with Crippen LogP contribution in [0.15, 0.2) is 36.5 Å². The smallest absolute Gasteiger partial charge is 0.178 e. The van der Waals surface area contributed by atoms with Crippen LogP contribution in [0.1, 0.15) is 23.0 Å². The number of carbonyl (C=O) groups is 1. The monoisotopic (exact) mass is 200 g/mol. The maximum atomic E-state index is 11.4. The summed E-state index contributed by atoms with van der Waals surface area (Å²) in [5.41, 5.74) is 2.67. The largest absolute Gasteiger partial charge is 0.293 e. The number of aromatic nitrogens is 2. The molecular weight excluding hydrogens is 188 g/mol. The Bertz CT molecular complexity index is 500. The first-order chi connectivity index (χ1) is 7.20. The second-order valence-electron chi connectivity index (χ2n) is 3.47. The molecule has 0 aliphatic heterocycles. The Balaban J connectivity index is 2.59. The summed E-state index contributed by atoms with van der Waals surface area (Å²) in [6.07, 6.45) is 1.64. The predicted molar refractivity (Wildman–Crippen MR) is 58.3 cm³/mol. The normalized spacial score (nSPS) is 10.3. The molecule has 2 rings (SSSR count). The van der Waals surface area contributed by atoms with Gasteiger partial charge in [0.1, 0.15) is 5.69 Å². The summed E-state index contributed by atoms with van der Waals surface area (Å²) in [6, 6.07) is 9.59. The maximum absolute atomic E-state index is 11.4. The Kier molecular flexibility index (Phi) is 2.37. The first-order valence-corrected chi connectivity index (χ1v) is 4.81. The van der Waals surface area contributed by atoms with Gasteiger partial charge in [-0.25, -0.2) is 4.68 Å². The molecule has 0 radical (unpaired) electrons. The summed E-state index contributed by atoms with van der Waals surface area (Å²) in [7, 11) is 0. The van der Waals surface area contributed by atoms with Gasteiger partial charge in [0.05, 0.1) is 11.9 Å². The number of rotatable bonds is 2. The zero-order chi connectivity index (χ0) is 10.8. The average molecular weight is 200 g/mol. The summed E-state index contributed by atoms with van der Waals surface area (Å²) in [6.45, 7) is 3.55. The number of ketones is 1. The molecule has 0 saturated carbocycles. The number of hydrogen-bond acceptors (Lipinski definition) is 2. The van der Waals surface area contributed by atoms with E-state index in [1.54, 1.807) is 23.9 Å². The highest BCUT2D eigenvalue weighted by atomic mass is 16.1. The minimum atomic E-state index is 0.0238. The van der Waals surface area contributed by atoms with E-state index in [0.29, 0.717) is 5.69 Å². The van der Waals surface area contributed by atoms with Crippen molar-refractivity contribution < 1.29 is 4.79 Å². The number of carbonyl (C=O) groups excluding carboxylic acids is 1. The predicted octanol–water partition coefficient (Wildman–Crippen LogP) is 2.38. The molecule has 1 aromatic carbocycles.